The third kappa shape index (κ3) is 4.39. The molecule has 3 heterocycles. The van der Waals surface area contributed by atoms with Gasteiger partial charge in [0, 0.05) is 27.6 Å². The number of hydrogen-bond donors (Lipinski definition) is 1. The lowest BCUT2D eigenvalue weighted by Gasteiger charge is -2.35. The van der Waals surface area contributed by atoms with Crippen LogP contribution in [0.5, 0.6) is 0 Å². The Morgan fingerprint density at radius 1 is 0.385 bits per heavy atom. The highest BCUT2D eigenvalue weighted by Crippen LogP contribution is 2.54. The second kappa shape index (κ2) is 11.3. The highest BCUT2D eigenvalue weighted by atomic mass is 15.3. The molecular formula is C49H33N3. The summed E-state index contributed by atoms with van der Waals surface area (Å²) in [6, 6.07) is 68.6. The van der Waals surface area contributed by atoms with Gasteiger partial charge < -0.3 is 14.8 Å². The predicted octanol–water partition coefficient (Wildman–Crippen LogP) is 13.0. The Kier molecular flexibility index (Phi) is 6.31. The molecule has 0 fully saturated rings. The molecule has 2 aliphatic rings. The van der Waals surface area contributed by atoms with E-state index >= 15 is 0 Å². The Bertz CT molecular complexity index is 2720. The zero-order valence-corrected chi connectivity index (χ0v) is 28.4. The lowest BCUT2D eigenvalue weighted by atomic mass is 9.88. The molecule has 0 aliphatic carbocycles. The molecule has 3 nitrogen and oxygen atoms in total. The van der Waals surface area contributed by atoms with Crippen molar-refractivity contribution in [1.82, 2.24) is 4.57 Å². The standard InChI is InChI=1S/C49H33N3/c1-3-11-32(12-4-1)36-22-27-46-42(30-36)43-31-37(33-13-5-2-6-14-33)23-28-47(43)51(46)38-24-19-34(20-25-38)35-21-26-40-41(29-35)39-15-7-9-17-45(39)52-48-18-10-8-16-44(48)50-49(40)52/h1-31,49-50H. The van der Waals surface area contributed by atoms with Gasteiger partial charge in [-0.2, -0.15) is 0 Å². The highest BCUT2D eigenvalue weighted by molar-refractivity contribution is 6.11. The fourth-order valence-electron chi connectivity index (χ4n) is 8.49. The summed E-state index contributed by atoms with van der Waals surface area (Å²) in [7, 11) is 0. The molecule has 1 aromatic heterocycles. The average Bonchev–Trinajstić information content (AvgIpc) is 3.77. The number of fused-ring (bicyclic) bond motifs is 11. The van der Waals surface area contributed by atoms with Crippen LogP contribution in [0.3, 0.4) is 0 Å². The molecule has 3 heteroatoms. The Balaban J connectivity index is 1.02. The van der Waals surface area contributed by atoms with Gasteiger partial charge in [-0.1, -0.05) is 127 Å². The number of nitrogens with one attached hydrogen (secondary N) is 1. The van der Waals surface area contributed by atoms with Crippen molar-refractivity contribution in [2.75, 3.05) is 10.2 Å². The van der Waals surface area contributed by atoms with Crippen LogP contribution in [-0.2, 0) is 0 Å². The number of anilines is 3. The fraction of sp³-hybridized carbons (Fsp3) is 0.0204. The van der Waals surface area contributed by atoms with Crippen LogP contribution in [0.25, 0.3) is 72.0 Å². The lowest BCUT2D eigenvalue weighted by Crippen LogP contribution is -2.27. The van der Waals surface area contributed by atoms with E-state index in [1.54, 1.807) is 0 Å². The SMILES string of the molecule is c1ccc(-c2ccc3c(c2)c2cc(-c4ccccc4)ccc2n3-c2ccc(-c3ccc4c(c3)-c3ccccc3N3c5ccccc5NC43)cc2)cc1. The van der Waals surface area contributed by atoms with Crippen LogP contribution in [-0.4, -0.2) is 4.57 Å². The molecule has 0 radical (unpaired) electrons. The summed E-state index contributed by atoms with van der Waals surface area (Å²) in [5.74, 6) is 0. The quantitative estimate of drug-likeness (QED) is 0.202. The first-order chi connectivity index (χ1) is 25.8. The first kappa shape index (κ1) is 28.9. The van der Waals surface area contributed by atoms with Crippen LogP contribution >= 0.6 is 0 Å². The number of aromatic nitrogens is 1. The summed E-state index contributed by atoms with van der Waals surface area (Å²) in [4.78, 5) is 2.44. The van der Waals surface area contributed by atoms with Crippen molar-refractivity contribution >= 4 is 38.9 Å². The molecule has 52 heavy (non-hydrogen) atoms. The minimum absolute atomic E-state index is 0.0684. The van der Waals surface area contributed by atoms with Crippen molar-refractivity contribution in [3.63, 3.8) is 0 Å². The van der Waals surface area contributed by atoms with Crippen LogP contribution in [0.2, 0.25) is 0 Å². The summed E-state index contributed by atoms with van der Waals surface area (Å²) in [5, 5.41) is 6.30. The van der Waals surface area contributed by atoms with E-state index in [1.807, 2.05) is 0 Å². The van der Waals surface area contributed by atoms with E-state index in [2.05, 4.69) is 203 Å². The van der Waals surface area contributed by atoms with Crippen LogP contribution in [0.15, 0.2) is 188 Å². The van der Waals surface area contributed by atoms with E-state index in [4.69, 9.17) is 0 Å². The van der Waals surface area contributed by atoms with E-state index < -0.39 is 0 Å². The van der Waals surface area contributed by atoms with Gasteiger partial charge in [-0.15, -0.1) is 0 Å². The number of rotatable bonds is 4. The van der Waals surface area contributed by atoms with Crippen LogP contribution < -0.4 is 10.2 Å². The molecule has 0 saturated heterocycles. The first-order valence-electron chi connectivity index (χ1n) is 18.0. The molecule has 9 aromatic rings. The number of benzene rings is 8. The molecule has 0 amide bonds. The topological polar surface area (TPSA) is 20.2 Å². The average molecular weight is 664 g/mol. The van der Waals surface area contributed by atoms with Crippen LogP contribution in [0.4, 0.5) is 17.1 Å². The molecule has 1 N–H and O–H groups in total. The van der Waals surface area contributed by atoms with Gasteiger partial charge in [0.15, 0.2) is 0 Å². The van der Waals surface area contributed by atoms with Gasteiger partial charge in [0.2, 0.25) is 0 Å². The van der Waals surface area contributed by atoms with E-state index in [0.717, 1.165) is 5.69 Å². The molecule has 1 atom stereocenters. The van der Waals surface area contributed by atoms with Gasteiger partial charge >= 0.3 is 0 Å². The number of nitrogens with zero attached hydrogens (tertiary/aromatic N) is 2. The molecule has 0 spiro atoms. The fourth-order valence-corrected chi connectivity index (χ4v) is 8.49. The molecule has 244 valence electrons. The minimum Gasteiger partial charge on any atom is -0.359 e. The van der Waals surface area contributed by atoms with Gasteiger partial charge in [0.1, 0.15) is 6.17 Å². The molecule has 2 aliphatic heterocycles. The molecule has 1 unspecified atom stereocenters. The Labute approximate surface area is 302 Å². The summed E-state index contributed by atoms with van der Waals surface area (Å²) >= 11 is 0. The molecule has 11 rings (SSSR count). The summed E-state index contributed by atoms with van der Waals surface area (Å²) in [6.07, 6.45) is 0.0684. The smallest absolute Gasteiger partial charge is 0.131 e. The van der Waals surface area contributed by atoms with Gasteiger partial charge in [0.05, 0.1) is 28.1 Å². The molecule has 8 aromatic carbocycles. The second-order valence-electron chi connectivity index (χ2n) is 13.8. The minimum atomic E-state index is 0.0684. The van der Waals surface area contributed by atoms with Gasteiger partial charge in [-0.3, -0.25) is 0 Å². The summed E-state index contributed by atoms with van der Waals surface area (Å²) < 4.78 is 2.42. The van der Waals surface area contributed by atoms with Crippen molar-refractivity contribution in [2.45, 2.75) is 6.17 Å². The van der Waals surface area contributed by atoms with Crippen LogP contribution in [0.1, 0.15) is 11.7 Å². The zero-order valence-electron chi connectivity index (χ0n) is 28.4. The lowest BCUT2D eigenvalue weighted by molar-refractivity contribution is 0.819. The Morgan fingerprint density at radius 3 is 1.58 bits per heavy atom. The Morgan fingerprint density at radius 2 is 0.904 bits per heavy atom. The monoisotopic (exact) mass is 663 g/mol. The van der Waals surface area contributed by atoms with Crippen molar-refractivity contribution in [3.8, 4) is 50.2 Å². The molecular weight excluding hydrogens is 631 g/mol. The van der Waals surface area contributed by atoms with Crippen molar-refractivity contribution in [1.29, 1.82) is 0 Å². The molecule has 0 bridgehead atoms. The third-order valence-electron chi connectivity index (χ3n) is 11.0. The highest BCUT2D eigenvalue weighted by Gasteiger charge is 2.37. The van der Waals surface area contributed by atoms with Crippen molar-refractivity contribution < 1.29 is 0 Å². The normalized spacial score (nSPS) is 14.1. The largest absolute Gasteiger partial charge is 0.359 e. The maximum atomic E-state index is 3.79. The maximum absolute atomic E-state index is 3.79. The van der Waals surface area contributed by atoms with E-state index in [9.17, 15) is 0 Å². The number of para-hydroxylation sites is 3. The molecule has 0 saturated carbocycles. The van der Waals surface area contributed by atoms with Gasteiger partial charge in [-0.05, 0) is 99.6 Å². The van der Waals surface area contributed by atoms with E-state index in [1.165, 1.54) is 88.9 Å². The van der Waals surface area contributed by atoms with Crippen LogP contribution in [0, 0.1) is 0 Å². The van der Waals surface area contributed by atoms with Gasteiger partial charge in [0.25, 0.3) is 0 Å². The van der Waals surface area contributed by atoms with Crippen molar-refractivity contribution in [3.05, 3.63) is 194 Å². The Hall–Kier alpha value is -6.84. The van der Waals surface area contributed by atoms with E-state index in [-0.39, 0.29) is 6.17 Å². The summed E-state index contributed by atoms with van der Waals surface area (Å²) in [6.45, 7) is 0. The maximum Gasteiger partial charge on any atom is 0.131 e. The summed E-state index contributed by atoms with van der Waals surface area (Å²) in [5.41, 5.74) is 18.3. The number of hydrogen-bond acceptors (Lipinski definition) is 2. The first-order valence-corrected chi connectivity index (χ1v) is 18.0. The third-order valence-corrected chi connectivity index (χ3v) is 11.0. The second-order valence-corrected chi connectivity index (χ2v) is 13.8. The van der Waals surface area contributed by atoms with Gasteiger partial charge in [-0.25, -0.2) is 0 Å². The van der Waals surface area contributed by atoms with E-state index in [0.29, 0.717) is 0 Å². The van der Waals surface area contributed by atoms with Crippen molar-refractivity contribution in [2.24, 2.45) is 0 Å². The predicted molar refractivity (Wildman–Crippen MR) is 217 cm³/mol. The zero-order chi connectivity index (χ0) is 34.2.